The van der Waals surface area contributed by atoms with Crippen LogP contribution in [0.15, 0.2) is 24.3 Å². The van der Waals surface area contributed by atoms with Crippen LogP contribution < -0.4 is 10.2 Å². The molecule has 3 saturated heterocycles. The fraction of sp³-hybridized carbons (Fsp3) is 0.667. The molecule has 2 amide bonds. The predicted octanol–water partition coefficient (Wildman–Crippen LogP) is 0.793. The molecule has 3 fully saturated rings. The van der Waals surface area contributed by atoms with E-state index in [-0.39, 0.29) is 42.8 Å². The molecule has 4 rings (SSSR count). The van der Waals surface area contributed by atoms with Gasteiger partial charge >= 0.3 is 0 Å². The summed E-state index contributed by atoms with van der Waals surface area (Å²) in [6.45, 7) is 9.72. The van der Waals surface area contributed by atoms with Crippen molar-refractivity contribution in [3.8, 4) is 0 Å². The summed E-state index contributed by atoms with van der Waals surface area (Å²) in [4.78, 5) is 45.5. The van der Waals surface area contributed by atoms with E-state index in [0.29, 0.717) is 12.0 Å². The summed E-state index contributed by atoms with van der Waals surface area (Å²) in [7, 11) is 3.28. The number of rotatable bonds is 10. The number of benzene rings is 1. The van der Waals surface area contributed by atoms with Crippen molar-refractivity contribution in [2.24, 2.45) is 5.92 Å². The van der Waals surface area contributed by atoms with Gasteiger partial charge in [-0.2, -0.15) is 0 Å². The number of carbonyl (C=O) groups is 3. The van der Waals surface area contributed by atoms with Crippen LogP contribution in [0.4, 0.5) is 5.69 Å². The minimum atomic E-state index is -0.739. The Morgan fingerprint density at radius 3 is 2.43 bits per heavy atom. The van der Waals surface area contributed by atoms with Crippen molar-refractivity contribution in [2.75, 3.05) is 71.6 Å². The smallest absolute Gasteiger partial charge is 0.251 e. The topological polar surface area (TPSA) is 101 Å². The van der Waals surface area contributed by atoms with Crippen LogP contribution in [0.5, 0.6) is 0 Å². The molecule has 37 heavy (non-hydrogen) atoms. The molecular weight excluding hydrogens is 476 g/mol. The summed E-state index contributed by atoms with van der Waals surface area (Å²) in [6, 6.07) is 6.14. The number of fused-ring (bicyclic) bond motifs is 1. The third-order valence-corrected chi connectivity index (χ3v) is 7.51. The van der Waals surface area contributed by atoms with Gasteiger partial charge in [0.1, 0.15) is 30.9 Å². The van der Waals surface area contributed by atoms with Crippen LogP contribution in [0.3, 0.4) is 0 Å². The number of hydrogen-bond acceptors (Lipinski definition) is 8. The number of carbonyl (C=O) groups excluding carboxylic acids is 3. The summed E-state index contributed by atoms with van der Waals surface area (Å²) in [5.41, 5.74) is 1.57. The molecule has 1 aromatic carbocycles. The number of anilines is 1. The highest BCUT2D eigenvalue weighted by molar-refractivity contribution is 5.99. The molecule has 3 aliphatic rings. The van der Waals surface area contributed by atoms with Crippen LogP contribution >= 0.6 is 0 Å². The van der Waals surface area contributed by atoms with Crippen molar-refractivity contribution < 1.29 is 28.6 Å². The van der Waals surface area contributed by atoms with Gasteiger partial charge in [-0.25, -0.2) is 0 Å². The molecule has 3 heterocycles. The molecule has 0 aliphatic carbocycles. The van der Waals surface area contributed by atoms with E-state index in [1.807, 2.05) is 26.0 Å². The summed E-state index contributed by atoms with van der Waals surface area (Å²) in [5.74, 6) is -0.518. The van der Waals surface area contributed by atoms with Crippen molar-refractivity contribution in [3.63, 3.8) is 0 Å². The van der Waals surface area contributed by atoms with Crippen LogP contribution in [0.1, 0.15) is 30.6 Å². The second-order valence-corrected chi connectivity index (χ2v) is 10.5. The molecule has 1 N–H and O–H groups in total. The van der Waals surface area contributed by atoms with Crippen molar-refractivity contribution in [1.82, 2.24) is 15.1 Å². The highest BCUT2D eigenvalue weighted by Gasteiger charge is 2.53. The fourth-order valence-corrected chi connectivity index (χ4v) is 5.46. The van der Waals surface area contributed by atoms with Gasteiger partial charge in [-0.05, 0) is 36.6 Å². The summed E-state index contributed by atoms with van der Waals surface area (Å²) >= 11 is 0. The zero-order valence-corrected chi connectivity index (χ0v) is 22.4. The van der Waals surface area contributed by atoms with Gasteiger partial charge in [-0.3, -0.25) is 19.3 Å². The molecule has 10 nitrogen and oxygen atoms in total. The van der Waals surface area contributed by atoms with Crippen LogP contribution in [0.2, 0.25) is 0 Å². The largest absolute Gasteiger partial charge is 0.383 e. The number of Topliss-reactive ketones (excluding diaryl/α,β-unsaturated/α-hetero) is 1. The lowest BCUT2D eigenvalue weighted by molar-refractivity contribution is -0.138. The molecule has 4 atom stereocenters. The SMILES string of the molecule is COCCN1CCN(c2ccc(C(=O)N[C@@H](CC(C)C)C(=O)N3C[C@H](OC)[C@H]4OCC(=O)[C@H]43)cc2)CC1. The molecule has 0 saturated carbocycles. The van der Waals surface area contributed by atoms with Crippen molar-refractivity contribution in [1.29, 1.82) is 0 Å². The fourth-order valence-electron chi connectivity index (χ4n) is 5.46. The predicted molar refractivity (Wildman–Crippen MR) is 139 cm³/mol. The number of piperazine rings is 1. The maximum atomic E-state index is 13.6. The third-order valence-electron chi connectivity index (χ3n) is 7.51. The van der Waals surface area contributed by atoms with Crippen LogP contribution in [-0.2, 0) is 23.8 Å². The molecule has 0 unspecified atom stereocenters. The van der Waals surface area contributed by atoms with E-state index in [1.165, 1.54) is 4.90 Å². The Morgan fingerprint density at radius 2 is 1.81 bits per heavy atom. The van der Waals surface area contributed by atoms with Crippen LogP contribution in [-0.4, -0.2) is 118 Å². The van der Waals surface area contributed by atoms with Gasteiger partial charge in [0.15, 0.2) is 5.78 Å². The van der Waals surface area contributed by atoms with Crippen molar-refractivity contribution >= 4 is 23.3 Å². The lowest BCUT2D eigenvalue weighted by Crippen LogP contribution is -2.52. The Morgan fingerprint density at radius 1 is 1.11 bits per heavy atom. The highest BCUT2D eigenvalue weighted by Crippen LogP contribution is 2.30. The van der Waals surface area contributed by atoms with Crippen LogP contribution in [0.25, 0.3) is 0 Å². The monoisotopic (exact) mass is 516 g/mol. The minimum Gasteiger partial charge on any atom is -0.383 e. The maximum Gasteiger partial charge on any atom is 0.251 e. The zero-order chi connectivity index (χ0) is 26.5. The van der Waals surface area contributed by atoms with Gasteiger partial charge in [0.2, 0.25) is 5.91 Å². The Labute approximate surface area is 219 Å². The van der Waals surface area contributed by atoms with E-state index in [4.69, 9.17) is 14.2 Å². The van der Waals surface area contributed by atoms with E-state index in [2.05, 4.69) is 15.1 Å². The normalized spacial score (nSPS) is 25.0. The summed E-state index contributed by atoms with van der Waals surface area (Å²) in [5, 5.41) is 2.94. The Bertz CT molecular complexity index is 947. The number of likely N-dealkylation sites (tertiary alicyclic amines) is 1. The third kappa shape index (κ3) is 6.31. The average molecular weight is 517 g/mol. The number of ketones is 1. The van der Waals surface area contributed by atoms with Gasteiger partial charge in [-0.1, -0.05) is 13.8 Å². The van der Waals surface area contributed by atoms with Crippen molar-refractivity contribution in [3.05, 3.63) is 29.8 Å². The molecule has 0 radical (unpaired) electrons. The standard InChI is InChI=1S/C27H40N4O6/c1-18(2)15-21(27(34)31-16-23(36-4)25-24(31)22(32)17-37-25)28-26(33)19-5-7-20(8-6-19)30-11-9-29(10-12-30)13-14-35-3/h5-8,18,21,23-25H,9-17H2,1-4H3,(H,28,33)/t21-,23-,24+,25+/m0/s1. The number of amides is 2. The minimum absolute atomic E-state index is 0.0191. The first kappa shape index (κ1) is 27.5. The van der Waals surface area contributed by atoms with E-state index in [0.717, 1.165) is 45.0 Å². The van der Waals surface area contributed by atoms with Gasteiger partial charge in [0.05, 0.1) is 13.2 Å². The first-order valence-corrected chi connectivity index (χ1v) is 13.2. The molecule has 0 bridgehead atoms. The molecule has 0 spiro atoms. The van der Waals surface area contributed by atoms with E-state index in [9.17, 15) is 14.4 Å². The maximum absolute atomic E-state index is 13.6. The van der Waals surface area contributed by atoms with Gasteiger partial charge in [-0.15, -0.1) is 0 Å². The average Bonchev–Trinajstić information content (AvgIpc) is 3.47. The first-order chi connectivity index (χ1) is 17.8. The number of nitrogens with one attached hydrogen (secondary N) is 1. The number of ether oxygens (including phenoxy) is 3. The lowest BCUT2D eigenvalue weighted by Gasteiger charge is -2.36. The van der Waals surface area contributed by atoms with Gasteiger partial charge in [0.25, 0.3) is 5.91 Å². The second-order valence-electron chi connectivity index (χ2n) is 10.5. The van der Waals surface area contributed by atoms with E-state index in [1.54, 1.807) is 26.4 Å². The van der Waals surface area contributed by atoms with Crippen LogP contribution in [0, 0.1) is 5.92 Å². The zero-order valence-electron chi connectivity index (χ0n) is 22.4. The lowest BCUT2D eigenvalue weighted by atomic mass is 10.0. The van der Waals surface area contributed by atoms with E-state index >= 15 is 0 Å². The number of nitrogens with zero attached hydrogens (tertiary/aromatic N) is 3. The van der Waals surface area contributed by atoms with Gasteiger partial charge in [0, 0.05) is 58.2 Å². The Balaban J connectivity index is 1.39. The molecule has 3 aliphatic heterocycles. The Hall–Kier alpha value is -2.53. The molecule has 0 aromatic heterocycles. The Kier molecular flexibility index (Phi) is 9.17. The molecule has 1 aromatic rings. The van der Waals surface area contributed by atoms with Crippen molar-refractivity contribution in [2.45, 2.75) is 44.6 Å². The second kappa shape index (κ2) is 12.3. The molecular formula is C27H40N4O6. The quantitative estimate of drug-likeness (QED) is 0.487. The van der Waals surface area contributed by atoms with E-state index < -0.39 is 18.2 Å². The highest BCUT2D eigenvalue weighted by atomic mass is 16.5. The number of methoxy groups -OCH3 is 2. The van der Waals surface area contributed by atoms with Gasteiger partial charge < -0.3 is 29.3 Å². The first-order valence-electron chi connectivity index (χ1n) is 13.2. The summed E-state index contributed by atoms with van der Waals surface area (Å²) < 4.78 is 16.3. The molecule has 204 valence electrons. The number of hydrogen-bond donors (Lipinski definition) is 1. The molecule has 10 heteroatoms. The summed E-state index contributed by atoms with van der Waals surface area (Å²) in [6.07, 6.45) is -0.340.